The minimum Gasteiger partial charge on any atom is -0.444 e. The molecule has 1 heterocycles. The number of guanidine groups is 1. The van der Waals surface area contributed by atoms with Gasteiger partial charge in [-0.1, -0.05) is 0 Å². The fourth-order valence-corrected chi connectivity index (χ4v) is 3.44. The summed E-state index contributed by atoms with van der Waals surface area (Å²) in [7, 11) is -3.31. The minimum atomic E-state index is -3.31. The summed E-state index contributed by atoms with van der Waals surface area (Å²) in [5.74, 6) is 0.588. The molecule has 1 amide bonds. The molecule has 0 bridgehead atoms. The van der Waals surface area contributed by atoms with Gasteiger partial charge in [-0.05, 0) is 41.5 Å². The van der Waals surface area contributed by atoms with E-state index in [1.165, 1.54) is 0 Å². The molecular formula is C16H33N5O4S. The van der Waals surface area contributed by atoms with Gasteiger partial charge in [0.25, 0.3) is 0 Å². The highest BCUT2D eigenvalue weighted by Gasteiger charge is 2.34. The summed E-state index contributed by atoms with van der Waals surface area (Å²) < 4.78 is 30.7. The molecule has 9 nitrogen and oxygen atoms in total. The number of amides is 1. The van der Waals surface area contributed by atoms with Gasteiger partial charge in [-0.25, -0.2) is 17.9 Å². The van der Waals surface area contributed by atoms with Crippen LogP contribution in [0.2, 0.25) is 0 Å². The van der Waals surface area contributed by atoms with Crippen LogP contribution in [-0.2, 0) is 14.8 Å². The zero-order valence-electron chi connectivity index (χ0n) is 16.8. The number of nitrogens with one attached hydrogen (secondary N) is 3. The molecule has 1 saturated heterocycles. The van der Waals surface area contributed by atoms with E-state index in [2.05, 4.69) is 20.3 Å². The van der Waals surface area contributed by atoms with E-state index in [1.807, 2.05) is 27.7 Å². The van der Waals surface area contributed by atoms with Crippen LogP contribution >= 0.6 is 0 Å². The van der Waals surface area contributed by atoms with Gasteiger partial charge in [0.1, 0.15) is 5.60 Å². The van der Waals surface area contributed by atoms with Gasteiger partial charge in [0, 0.05) is 25.2 Å². The molecule has 1 rings (SSSR count). The standard InChI is InChI=1S/C16H33N5O4S/c1-8-17-13(18-11-16(5,6)20-26(7,23)24)19-12-9-21(10-12)14(22)25-15(2,3)4/h12,20H,8-11H2,1-7H3,(H2,17,18,19). The SMILES string of the molecule is CCNC(=NCC(C)(C)NS(C)(=O)=O)NC1CN(C(=O)OC(C)(C)C)C1. The zero-order chi connectivity index (χ0) is 20.2. The number of carbonyl (C=O) groups is 1. The quantitative estimate of drug-likeness (QED) is 0.449. The number of aliphatic imine (C=N–C) groups is 1. The van der Waals surface area contributed by atoms with Crippen LogP contribution in [0, 0.1) is 0 Å². The fourth-order valence-electron chi connectivity index (χ4n) is 2.37. The number of nitrogens with zero attached hydrogens (tertiary/aromatic N) is 2. The fraction of sp³-hybridized carbons (Fsp3) is 0.875. The number of rotatable bonds is 6. The maximum atomic E-state index is 12.0. The van der Waals surface area contributed by atoms with Crippen molar-refractivity contribution in [1.82, 2.24) is 20.3 Å². The van der Waals surface area contributed by atoms with Gasteiger partial charge in [0.05, 0.1) is 18.8 Å². The lowest BCUT2D eigenvalue weighted by Crippen LogP contribution is -2.63. The molecule has 0 unspecified atom stereocenters. The molecule has 1 fully saturated rings. The van der Waals surface area contributed by atoms with Crippen LogP contribution in [0.1, 0.15) is 41.5 Å². The van der Waals surface area contributed by atoms with Crippen molar-refractivity contribution < 1.29 is 17.9 Å². The van der Waals surface area contributed by atoms with Crippen LogP contribution in [-0.4, -0.2) is 75.0 Å². The first-order chi connectivity index (χ1) is 11.7. The van der Waals surface area contributed by atoms with Crippen LogP contribution in [0.25, 0.3) is 0 Å². The number of hydrogen-bond donors (Lipinski definition) is 3. The number of carbonyl (C=O) groups excluding carboxylic acids is 1. The van der Waals surface area contributed by atoms with Crippen molar-refractivity contribution in [3.05, 3.63) is 0 Å². The maximum Gasteiger partial charge on any atom is 0.410 e. The third-order valence-electron chi connectivity index (χ3n) is 3.31. The number of hydrogen-bond acceptors (Lipinski definition) is 5. The predicted molar refractivity (Wildman–Crippen MR) is 103 cm³/mol. The van der Waals surface area contributed by atoms with Crippen molar-refractivity contribution in [2.24, 2.45) is 4.99 Å². The molecule has 3 N–H and O–H groups in total. The second-order valence-corrected chi connectivity index (χ2v) is 9.93. The molecule has 0 aromatic carbocycles. The van der Waals surface area contributed by atoms with E-state index in [9.17, 15) is 13.2 Å². The Labute approximate surface area is 157 Å². The summed E-state index contributed by atoms with van der Waals surface area (Å²) >= 11 is 0. The molecule has 26 heavy (non-hydrogen) atoms. The first-order valence-corrected chi connectivity index (χ1v) is 10.6. The summed E-state index contributed by atoms with van der Waals surface area (Å²) in [5.41, 5.74) is -1.21. The van der Waals surface area contributed by atoms with E-state index < -0.39 is 21.2 Å². The van der Waals surface area contributed by atoms with Crippen LogP contribution in [0.5, 0.6) is 0 Å². The number of sulfonamides is 1. The smallest absolute Gasteiger partial charge is 0.410 e. The summed E-state index contributed by atoms with van der Waals surface area (Å²) in [5, 5.41) is 6.38. The van der Waals surface area contributed by atoms with Crippen molar-refractivity contribution in [1.29, 1.82) is 0 Å². The van der Waals surface area contributed by atoms with E-state index in [4.69, 9.17) is 4.74 Å². The largest absolute Gasteiger partial charge is 0.444 e. The van der Waals surface area contributed by atoms with Crippen LogP contribution in [0.3, 0.4) is 0 Å². The average Bonchev–Trinajstić information content (AvgIpc) is 2.34. The zero-order valence-corrected chi connectivity index (χ0v) is 17.7. The lowest BCUT2D eigenvalue weighted by Gasteiger charge is -2.40. The van der Waals surface area contributed by atoms with Gasteiger partial charge in [0.15, 0.2) is 5.96 Å². The summed E-state index contributed by atoms with van der Waals surface area (Å²) in [4.78, 5) is 18.0. The third kappa shape index (κ3) is 8.70. The predicted octanol–water partition coefficient (Wildman–Crippen LogP) is 0.489. The van der Waals surface area contributed by atoms with E-state index in [1.54, 1.807) is 18.7 Å². The molecule has 0 aliphatic carbocycles. The second-order valence-electron chi connectivity index (χ2n) is 8.18. The number of ether oxygens (including phenoxy) is 1. The van der Waals surface area contributed by atoms with Gasteiger partial charge in [0.2, 0.25) is 10.0 Å². The van der Waals surface area contributed by atoms with E-state index in [0.717, 1.165) is 6.26 Å². The maximum absolute atomic E-state index is 12.0. The van der Waals surface area contributed by atoms with Crippen molar-refractivity contribution in [3.8, 4) is 0 Å². The Hall–Kier alpha value is -1.55. The first kappa shape index (κ1) is 22.5. The molecule has 0 radical (unpaired) electrons. The molecule has 152 valence electrons. The minimum absolute atomic E-state index is 0.0753. The van der Waals surface area contributed by atoms with Crippen molar-refractivity contribution >= 4 is 22.1 Å². The Morgan fingerprint density at radius 3 is 2.27 bits per heavy atom. The molecule has 0 saturated carbocycles. The molecule has 0 spiro atoms. The molecule has 0 atom stereocenters. The van der Waals surface area contributed by atoms with Gasteiger partial charge in [-0.15, -0.1) is 0 Å². The highest BCUT2D eigenvalue weighted by atomic mass is 32.2. The lowest BCUT2D eigenvalue weighted by molar-refractivity contribution is 0.00700. The Balaban J connectivity index is 2.56. The molecule has 1 aliphatic heterocycles. The Morgan fingerprint density at radius 2 is 1.81 bits per heavy atom. The topological polar surface area (TPSA) is 112 Å². The van der Waals surface area contributed by atoms with E-state index >= 15 is 0 Å². The van der Waals surface area contributed by atoms with Gasteiger partial charge in [-0.2, -0.15) is 0 Å². The lowest BCUT2D eigenvalue weighted by atomic mass is 10.1. The van der Waals surface area contributed by atoms with E-state index in [-0.39, 0.29) is 18.7 Å². The van der Waals surface area contributed by atoms with Crippen molar-refractivity contribution in [3.63, 3.8) is 0 Å². The molecular weight excluding hydrogens is 358 g/mol. The van der Waals surface area contributed by atoms with Crippen LogP contribution < -0.4 is 15.4 Å². The Bertz CT molecular complexity index is 619. The Morgan fingerprint density at radius 1 is 1.23 bits per heavy atom. The first-order valence-electron chi connectivity index (χ1n) is 8.72. The second kappa shape index (κ2) is 8.43. The van der Waals surface area contributed by atoms with Crippen LogP contribution in [0.15, 0.2) is 4.99 Å². The molecule has 10 heteroatoms. The van der Waals surface area contributed by atoms with Crippen LogP contribution in [0.4, 0.5) is 4.79 Å². The van der Waals surface area contributed by atoms with Gasteiger partial charge < -0.3 is 20.3 Å². The number of likely N-dealkylation sites (tertiary alicyclic amines) is 1. The molecule has 1 aliphatic rings. The third-order valence-corrected chi connectivity index (χ3v) is 4.24. The summed E-state index contributed by atoms with van der Waals surface area (Å²) in [6.07, 6.45) is 0.803. The van der Waals surface area contributed by atoms with Gasteiger partial charge >= 0.3 is 6.09 Å². The van der Waals surface area contributed by atoms with Gasteiger partial charge in [-0.3, -0.25) is 4.99 Å². The highest BCUT2D eigenvalue weighted by molar-refractivity contribution is 7.88. The van der Waals surface area contributed by atoms with E-state index in [0.29, 0.717) is 25.6 Å². The molecule has 0 aromatic rings. The summed E-state index contributed by atoms with van der Waals surface area (Å²) in [6.45, 7) is 13.0. The Kier molecular flexibility index (Phi) is 7.29. The molecule has 0 aromatic heterocycles. The monoisotopic (exact) mass is 391 g/mol. The average molecular weight is 392 g/mol. The van der Waals surface area contributed by atoms with Crippen molar-refractivity contribution in [2.75, 3.05) is 32.4 Å². The normalized spacial score (nSPS) is 16.9. The highest BCUT2D eigenvalue weighted by Crippen LogP contribution is 2.15. The summed E-state index contributed by atoms with van der Waals surface area (Å²) in [6, 6.07) is 0.0753. The van der Waals surface area contributed by atoms with Crippen molar-refractivity contribution in [2.45, 2.75) is 58.7 Å².